The third-order valence-electron chi connectivity index (χ3n) is 3.36. The Morgan fingerprint density at radius 2 is 1.77 bits per heavy atom. The average Bonchev–Trinajstić information content (AvgIpc) is 2.56. The topological polar surface area (TPSA) is 131 Å². The van der Waals surface area contributed by atoms with Gasteiger partial charge in [-0.3, -0.25) is 10.1 Å². The summed E-state index contributed by atoms with van der Waals surface area (Å²) >= 11 is 5.16. The highest BCUT2D eigenvalue weighted by molar-refractivity contribution is 7.89. The van der Waals surface area contributed by atoms with Crippen molar-refractivity contribution in [3.8, 4) is 0 Å². The molecule has 0 radical (unpaired) electrons. The van der Waals surface area contributed by atoms with Crippen LogP contribution in [-0.2, 0) is 10.0 Å². The van der Waals surface area contributed by atoms with Gasteiger partial charge in [0.15, 0.2) is 5.11 Å². The van der Waals surface area contributed by atoms with E-state index >= 15 is 0 Å². The quantitative estimate of drug-likeness (QED) is 0.304. The predicted octanol–water partition coefficient (Wildman–Crippen LogP) is 2.24. The van der Waals surface area contributed by atoms with Crippen LogP contribution in [0.3, 0.4) is 0 Å². The molecular weight excluding hydrogens is 378 g/mol. The molecule has 4 N–H and O–H groups in total. The van der Waals surface area contributed by atoms with E-state index in [-0.39, 0.29) is 21.4 Å². The average molecular weight is 395 g/mol. The first-order valence-corrected chi connectivity index (χ1v) is 9.10. The molecule has 2 aromatic rings. The molecule has 0 bridgehead atoms. The van der Waals surface area contributed by atoms with Crippen LogP contribution in [-0.4, -0.2) is 36.9 Å². The summed E-state index contributed by atoms with van der Waals surface area (Å²) in [5, 5.41) is 16.7. The first kappa shape index (κ1) is 19.6. The fraction of sp³-hybridized carbons (Fsp3) is 0.133. The van der Waals surface area contributed by atoms with Crippen LogP contribution < -0.4 is 16.4 Å². The molecule has 2 rings (SSSR count). The van der Waals surface area contributed by atoms with Gasteiger partial charge in [0.25, 0.3) is 5.69 Å². The minimum absolute atomic E-state index is 0.0426. The lowest BCUT2D eigenvalue weighted by atomic mass is 10.2. The maximum Gasteiger partial charge on any atom is 0.294 e. The van der Waals surface area contributed by atoms with Gasteiger partial charge in [0.1, 0.15) is 5.69 Å². The predicted molar refractivity (Wildman–Crippen MR) is 105 cm³/mol. The molecule has 0 saturated heterocycles. The van der Waals surface area contributed by atoms with Crippen LogP contribution in [0.25, 0.3) is 0 Å². The Morgan fingerprint density at radius 3 is 2.35 bits per heavy atom. The number of thiocarbonyl (C=S) groups is 1. The highest BCUT2D eigenvalue weighted by Crippen LogP contribution is 2.25. The van der Waals surface area contributed by atoms with E-state index in [2.05, 4.69) is 10.6 Å². The highest BCUT2D eigenvalue weighted by atomic mass is 32.2. The number of hydrogen-bond acceptors (Lipinski definition) is 6. The smallest absolute Gasteiger partial charge is 0.294 e. The highest BCUT2D eigenvalue weighted by Gasteiger charge is 2.17. The SMILES string of the molecule is CN(C)S(=O)(=O)c1cccc(NC(=S)Nc2ccc(N)c([N+](=O)[O-])c2)c1. The summed E-state index contributed by atoms with van der Waals surface area (Å²) < 4.78 is 25.4. The van der Waals surface area contributed by atoms with Crippen molar-refractivity contribution in [3.63, 3.8) is 0 Å². The summed E-state index contributed by atoms with van der Waals surface area (Å²) in [6.07, 6.45) is 0. The summed E-state index contributed by atoms with van der Waals surface area (Å²) in [5.74, 6) is 0. The van der Waals surface area contributed by atoms with Crippen LogP contribution in [0, 0.1) is 10.1 Å². The second-order valence-electron chi connectivity index (χ2n) is 5.43. The number of hydrogen-bond donors (Lipinski definition) is 3. The molecule has 0 amide bonds. The fourth-order valence-corrected chi connectivity index (χ4v) is 3.20. The summed E-state index contributed by atoms with van der Waals surface area (Å²) in [5.41, 5.74) is 6.18. The Labute approximate surface area is 156 Å². The van der Waals surface area contributed by atoms with Gasteiger partial charge >= 0.3 is 0 Å². The Balaban J connectivity index is 2.16. The van der Waals surface area contributed by atoms with Crippen LogP contribution in [0.2, 0.25) is 0 Å². The number of nitro groups is 1. The number of nitrogens with two attached hydrogens (primary N) is 1. The number of anilines is 3. The standard InChI is InChI=1S/C15H17N5O4S2/c1-19(2)26(23,24)12-5-3-4-10(8-12)17-15(25)18-11-6-7-13(16)14(9-11)20(21)22/h3-9H,16H2,1-2H3,(H2,17,18,25). The lowest BCUT2D eigenvalue weighted by molar-refractivity contribution is -0.383. The zero-order valence-corrected chi connectivity index (χ0v) is 15.6. The maximum absolute atomic E-state index is 12.2. The molecule has 9 nitrogen and oxygen atoms in total. The van der Waals surface area contributed by atoms with Crippen molar-refractivity contribution in [2.45, 2.75) is 4.90 Å². The number of sulfonamides is 1. The molecule has 0 aromatic heterocycles. The van der Waals surface area contributed by atoms with Crippen molar-refractivity contribution in [1.82, 2.24) is 4.31 Å². The second kappa shape index (κ2) is 7.64. The first-order valence-electron chi connectivity index (χ1n) is 7.26. The van der Waals surface area contributed by atoms with E-state index in [0.717, 1.165) is 4.31 Å². The van der Waals surface area contributed by atoms with Crippen LogP contribution in [0.4, 0.5) is 22.7 Å². The number of benzene rings is 2. The number of nitrogen functional groups attached to an aromatic ring is 1. The molecule has 0 fully saturated rings. The molecule has 2 aromatic carbocycles. The van der Waals surface area contributed by atoms with Crippen molar-refractivity contribution in [1.29, 1.82) is 0 Å². The van der Waals surface area contributed by atoms with E-state index in [1.165, 1.54) is 38.4 Å². The van der Waals surface area contributed by atoms with E-state index < -0.39 is 14.9 Å². The van der Waals surface area contributed by atoms with Crippen molar-refractivity contribution in [3.05, 3.63) is 52.6 Å². The largest absolute Gasteiger partial charge is 0.393 e. The molecule has 0 unspecified atom stereocenters. The first-order chi connectivity index (χ1) is 12.1. The zero-order chi connectivity index (χ0) is 19.5. The van der Waals surface area contributed by atoms with Crippen molar-refractivity contribution in [2.75, 3.05) is 30.5 Å². The molecule has 0 aliphatic rings. The Hall–Kier alpha value is -2.76. The Morgan fingerprint density at radius 1 is 1.15 bits per heavy atom. The summed E-state index contributed by atoms with van der Waals surface area (Å²) in [4.78, 5) is 10.4. The summed E-state index contributed by atoms with van der Waals surface area (Å²) in [7, 11) is -0.693. The maximum atomic E-state index is 12.2. The molecule has 0 atom stereocenters. The Bertz CT molecular complexity index is 960. The van der Waals surface area contributed by atoms with Gasteiger partial charge < -0.3 is 16.4 Å². The van der Waals surface area contributed by atoms with E-state index in [9.17, 15) is 18.5 Å². The summed E-state index contributed by atoms with van der Waals surface area (Å²) in [6, 6.07) is 10.3. The fourth-order valence-electron chi connectivity index (χ4n) is 2.02. The van der Waals surface area contributed by atoms with Gasteiger partial charge in [0.2, 0.25) is 10.0 Å². The number of nitrogens with one attached hydrogen (secondary N) is 2. The van der Waals surface area contributed by atoms with Gasteiger partial charge in [-0.2, -0.15) is 0 Å². The minimum atomic E-state index is -3.57. The Kier molecular flexibility index (Phi) is 5.75. The number of rotatable bonds is 5. The molecule has 0 saturated carbocycles. The van der Waals surface area contributed by atoms with Crippen molar-refractivity contribution in [2.24, 2.45) is 0 Å². The van der Waals surface area contributed by atoms with Crippen LogP contribution in [0.1, 0.15) is 0 Å². The van der Waals surface area contributed by atoms with Gasteiger partial charge in [0.05, 0.1) is 9.82 Å². The molecule has 0 aliphatic carbocycles. The third kappa shape index (κ3) is 4.45. The number of nitro benzene ring substituents is 1. The van der Waals surface area contributed by atoms with E-state index in [1.54, 1.807) is 18.2 Å². The normalized spacial score (nSPS) is 11.2. The summed E-state index contributed by atoms with van der Waals surface area (Å²) in [6.45, 7) is 0. The molecule has 0 spiro atoms. The van der Waals surface area contributed by atoms with Gasteiger partial charge in [-0.05, 0) is 42.5 Å². The van der Waals surface area contributed by atoms with Gasteiger partial charge in [0, 0.05) is 31.5 Å². The van der Waals surface area contributed by atoms with E-state index in [0.29, 0.717) is 11.4 Å². The molecule has 26 heavy (non-hydrogen) atoms. The molecule has 0 heterocycles. The zero-order valence-electron chi connectivity index (χ0n) is 14.0. The van der Waals surface area contributed by atoms with Gasteiger partial charge in [-0.1, -0.05) is 6.07 Å². The van der Waals surface area contributed by atoms with Gasteiger partial charge in [-0.25, -0.2) is 12.7 Å². The third-order valence-corrected chi connectivity index (χ3v) is 5.37. The molecule has 0 aliphatic heterocycles. The van der Waals surface area contributed by atoms with E-state index in [4.69, 9.17) is 18.0 Å². The lowest BCUT2D eigenvalue weighted by Crippen LogP contribution is -2.23. The van der Waals surface area contributed by atoms with Crippen LogP contribution >= 0.6 is 12.2 Å². The number of nitrogens with zero attached hydrogens (tertiary/aromatic N) is 2. The van der Waals surface area contributed by atoms with E-state index in [1.807, 2.05) is 0 Å². The minimum Gasteiger partial charge on any atom is -0.393 e. The second-order valence-corrected chi connectivity index (χ2v) is 7.99. The van der Waals surface area contributed by atoms with Crippen molar-refractivity contribution >= 4 is 50.1 Å². The molecular formula is C15H17N5O4S2. The molecule has 138 valence electrons. The lowest BCUT2D eigenvalue weighted by Gasteiger charge is -2.14. The van der Waals surface area contributed by atoms with Crippen LogP contribution in [0.15, 0.2) is 47.4 Å². The van der Waals surface area contributed by atoms with Gasteiger partial charge in [-0.15, -0.1) is 0 Å². The monoisotopic (exact) mass is 395 g/mol. The van der Waals surface area contributed by atoms with Crippen LogP contribution in [0.5, 0.6) is 0 Å². The van der Waals surface area contributed by atoms with Crippen molar-refractivity contribution < 1.29 is 13.3 Å². The molecule has 11 heteroatoms.